The van der Waals surface area contributed by atoms with Crippen molar-refractivity contribution >= 4 is 9.84 Å². The average Bonchev–Trinajstić information content (AvgIpc) is 2.34. The molecule has 1 heterocycles. The molecule has 5 heteroatoms. The normalized spacial score (nSPS) is 24.4. The van der Waals surface area contributed by atoms with Crippen LogP contribution in [0.2, 0.25) is 0 Å². The molecule has 1 fully saturated rings. The van der Waals surface area contributed by atoms with E-state index in [4.69, 9.17) is 0 Å². The van der Waals surface area contributed by atoms with Crippen LogP contribution in [0.1, 0.15) is 40.5 Å². The quantitative estimate of drug-likeness (QED) is 0.806. The number of sulfone groups is 1. The number of piperidine rings is 1. The van der Waals surface area contributed by atoms with Crippen molar-refractivity contribution < 1.29 is 8.42 Å². The van der Waals surface area contributed by atoms with Crippen molar-refractivity contribution in [2.45, 2.75) is 51.3 Å². The summed E-state index contributed by atoms with van der Waals surface area (Å²) in [5.41, 5.74) is 0. The predicted octanol–water partition coefficient (Wildman–Crippen LogP) is 1.52. The lowest BCUT2D eigenvalue weighted by Gasteiger charge is -2.36. The molecule has 0 aliphatic carbocycles. The summed E-state index contributed by atoms with van der Waals surface area (Å²) in [5, 5.41) is 3.44. The zero-order chi connectivity index (χ0) is 14.7. The van der Waals surface area contributed by atoms with E-state index in [1.54, 1.807) is 13.8 Å². The molecule has 0 amide bonds. The van der Waals surface area contributed by atoms with Gasteiger partial charge < -0.3 is 10.2 Å². The van der Waals surface area contributed by atoms with Crippen LogP contribution >= 0.6 is 0 Å². The summed E-state index contributed by atoms with van der Waals surface area (Å²) in [5.74, 6) is 0.629. The van der Waals surface area contributed by atoms with Crippen LogP contribution < -0.4 is 5.32 Å². The van der Waals surface area contributed by atoms with Crippen molar-refractivity contribution in [3.63, 3.8) is 0 Å². The second kappa shape index (κ2) is 6.55. The summed E-state index contributed by atoms with van der Waals surface area (Å²) in [6.45, 7) is 11.9. The van der Waals surface area contributed by atoms with Gasteiger partial charge in [-0.1, -0.05) is 6.92 Å². The van der Waals surface area contributed by atoms with Crippen LogP contribution in [0.3, 0.4) is 0 Å². The molecule has 1 aliphatic heterocycles. The largest absolute Gasteiger partial charge is 0.312 e. The molecule has 4 nitrogen and oxygen atoms in total. The molecule has 19 heavy (non-hydrogen) atoms. The lowest BCUT2D eigenvalue weighted by atomic mass is 9.91. The second-order valence-corrected chi connectivity index (χ2v) is 9.15. The van der Waals surface area contributed by atoms with E-state index in [1.165, 1.54) is 25.6 Å². The molecule has 0 aromatic carbocycles. The third-order valence-corrected chi connectivity index (χ3v) is 6.70. The number of nitrogens with one attached hydrogen (secondary N) is 1. The van der Waals surface area contributed by atoms with Crippen molar-refractivity contribution in [2.24, 2.45) is 5.92 Å². The van der Waals surface area contributed by atoms with Crippen molar-refractivity contribution in [2.75, 3.05) is 32.4 Å². The summed E-state index contributed by atoms with van der Waals surface area (Å²) in [7, 11) is -3.02. The van der Waals surface area contributed by atoms with Crippen LogP contribution in [-0.2, 0) is 9.84 Å². The van der Waals surface area contributed by atoms with Crippen LogP contribution in [-0.4, -0.2) is 56.5 Å². The Hall–Kier alpha value is -0.130. The van der Waals surface area contributed by atoms with Gasteiger partial charge in [0.2, 0.25) is 0 Å². The highest BCUT2D eigenvalue weighted by Crippen LogP contribution is 2.21. The standard InChI is InChI=1S/C14H30N2O2S/c1-6-16-9-7-8-13(10-16)12(2)15-11-14(3,4)19(5,17)18/h12-13,15H,6-11H2,1-5H3. The third-order valence-electron chi connectivity index (χ3n) is 4.55. The Bertz CT molecular complexity index is 379. The Morgan fingerprint density at radius 2 is 2.05 bits per heavy atom. The van der Waals surface area contributed by atoms with E-state index < -0.39 is 14.6 Å². The van der Waals surface area contributed by atoms with E-state index in [0.717, 1.165) is 13.1 Å². The molecular weight excluding hydrogens is 260 g/mol. The van der Waals surface area contributed by atoms with Gasteiger partial charge in [0.25, 0.3) is 0 Å². The third kappa shape index (κ3) is 4.72. The molecule has 2 unspecified atom stereocenters. The molecule has 0 aromatic rings. The lowest BCUT2D eigenvalue weighted by molar-refractivity contribution is 0.156. The summed E-state index contributed by atoms with van der Waals surface area (Å²) < 4.78 is 22.7. The van der Waals surface area contributed by atoms with Gasteiger partial charge in [-0.05, 0) is 52.6 Å². The van der Waals surface area contributed by atoms with Crippen LogP contribution in [0.15, 0.2) is 0 Å². The van der Waals surface area contributed by atoms with Gasteiger partial charge in [-0.15, -0.1) is 0 Å². The maximum Gasteiger partial charge on any atom is 0.153 e. The minimum absolute atomic E-state index is 0.371. The summed E-state index contributed by atoms with van der Waals surface area (Å²) >= 11 is 0. The molecule has 1 N–H and O–H groups in total. The number of rotatable bonds is 6. The highest BCUT2D eigenvalue weighted by Gasteiger charge is 2.31. The van der Waals surface area contributed by atoms with E-state index in [2.05, 4.69) is 24.1 Å². The van der Waals surface area contributed by atoms with Crippen LogP contribution in [0, 0.1) is 5.92 Å². The lowest BCUT2D eigenvalue weighted by Crippen LogP contribution is -2.49. The Morgan fingerprint density at radius 3 is 2.58 bits per heavy atom. The summed E-state index contributed by atoms with van der Waals surface area (Å²) in [6.07, 6.45) is 3.81. The van der Waals surface area contributed by atoms with Crippen molar-refractivity contribution in [3.8, 4) is 0 Å². The average molecular weight is 290 g/mol. The fraction of sp³-hybridized carbons (Fsp3) is 1.00. The van der Waals surface area contributed by atoms with Crippen molar-refractivity contribution in [1.82, 2.24) is 10.2 Å². The Morgan fingerprint density at radius 1 is 1.42 bits per heavy atom. The van der Waals surface area contributed by atoms with Gasteiger partial charge in [-0.25, -0.2) is 8.42 Å². The number of likely N-dealkylation sites (tertiary alicyclic amines) is 1. The van der Waals surface area contributed by atoms with Crippen LogP contribution in [0.4, 0.5) is 0 Å². The fourth-order valence-electron chi connectivity index (χ4n) is 2.49. The molecule has 0 aromatic heterocycles. The van der Waals surface area contributed by atoms with Crippen molar-refractivity contribution in [3.05, 3.63) is 0 Å². The minimum atomic E-state index is -3.02. The van der Waals surface area contributed by atoms with Gasteiger partial charge in [0.1, 0.15) is 0 Å². The van der Waals surface area contributed by atoms with E-state index in [9.17, 15) is 8.42 Å². The van der Waals surface area contributed by atoms with Gasteiger partial charge >= 0.3 is 0 Å². The number of nitrogens with zero attached hydrogens (tertiary/aromatic N) is 1. The molecule has 0 saturated carbocycles. The van der Waals surface area contributed by atoms with E-state index in [-0.39, 0.29) is 0 Å². The van der Waals surface area contributed by atoms with Crippen LogP contribution in [0.25, 0.3) is 0 Å². The maximum atomic E-state index is 11.7. The first-order chi connectivity index (χ1) is 8.67. The summed E-state index contributed by atoms with van der Waals surface area (Å²) in [6, 6.07) is 0.371. The van der Waals surface area contributed by atoms with Gasteiger partial charge in [0, 0.05) is 25.4 Å². The molecule has 0 radical (unpaired) electrons. The Labute approximate surface area is 118 Å². The molecule has 2 atom stereocenters. The fourth-order valence-corrected chi connectivity index (χ4v) is 2.84. The Kier molecular flexibility index (Phi) is 5.83. The monoisotopic (exact) mass is 290 g/mol. The molecule has 114 valence electrons. The number of hydrogen-bond acceptors (Lipinski definition) is 4. The topological polar surface area (TPSA) is 49.4 Å². The van der Waals surface area contributed by atoms with E-state index in [1.807, 2.05) is 0 Å². The van der Waals surface area contributed by atoms with Gasteiger partial charge in [-0.2, -0.15) is 0 Å². The predicted molar refractivity (Wildman–Crippen MR) is 81.2 cm³/mol. The molecule has 1 rings (SSSR count). The summed E-state index contributed by atoms with van der Waals surface area (Å²) in [4.78, 5) is 2.48. The van der Waals surface area contributed by atoms with Gasteiger partial charge in [-0.3, -0.25) is 0 Å². The SMILES string of the molecule is CCN1CCCC(C(C)NCC(C)(C)S(C)(=O)=O)C1. The first-order valence-electron chi connectivity index (χ1n) is 7.32. The van der Waals surface area contributed by atoms with Crippen LogP contribution in [0.5, 0.6) is 0 Å². The molecule has 0 spiro atoms. The van der Waals surface area contributed by atoms with E-state index in [0.29, 0.717) is 18.5 Å². The van der Waals surface area contributed by atoms with Crippen molar-refractivity contribution in [1.29, 1.82) is 0 Å². The first-order valence-corrected chi connectivity index (χ1v) is 9.22. The second-order valence-electron chi connectivity index (χ2n) is 6.50. The molecule has 1 aliphatic rings. The minimum Gasteiger partial charge on any atom is -0.312 e. The first kappa shape index (κ1) is 16.9. The zero-order valence-electron chi connectivity index (χ0n) is 13.1. The molecular formula is C14H30N2O2S. The van der Waals surface area contributed by atoms with Gasteiger partial charge in [0.15, 0.2) is 9.84 Å². The number of hydrogen-bond donors (Lipinski definition) is 1. The molecule has 0 bridgehead atoms. The Balaban J connectivity index is 2.49. The zero-order valence-corrected chi connectivity index (χ0v) is 13.9. The highest BCUT2D eigenvalue weighted by atomic mass is 32.2. The molecule has 1 saturated heterocycles. The van der Waals surface area contributed by atoms with E-state index >= 15 is 0 Å². The highest BCUT2D eigenvalue weighted by molar-refractivity contribution is 7.92. The van der Waals surface area contributed by atoms with Gasteiger partial charge in [0.05, 0.1) is 4.75 Å². The smallest absolute Gasteiger partial charge is 0.153 e. The maximum absolute atomic E-state index is 11.7.